The average Bonchev–Trinajstić information content (AvgIpc) is 2.80. The van der Waals surface area contributed by atoms with Crippen molar-refractivity contribution in [3.05, 3.63) is 28.8 Å². The highest BCUT2D eigenvalue weighted by molar-refractivity contribution is 6.34. The van der Waals surface area contributed by atoms with Gasteiger partial charge in [0.1, 0.15) is 0 Å². The van der Waals surface area contributed by atoms with Crippen molar-refractivity contribution < 1.29 is 4.79 Å². The lowest BCUT2D eigenvalue weighted by Crippen LogP contribution is -2.34. The summed E-state index contributed by atoms with van der Waals surface area (Å²) in [7, 11) is 1.97. The Labute approximate surface area is 106 Å². The van der Waals surface area contributed by atoms with Crippen LogP contribution in [0, 0.1) is 0 Å². The molecule has 1 aliphatic heterocycles. The highest BCUT2D eigenvalue weighted by Crippen LogP contribution is 2.28. The predicted octanol–water partition coefficient (Wildman–Crippen LogP) is 1.24. The van der Waals surface area contributed by atoms with Crippen LogP contribution in [0.1, 0.15) is 16.8 Å². The second kappa shape index (κ2) is 4.94. The first-order valence-electron chi connectivity index (χ1n) is 5.63. The van der Waals surface area contributed by atoms with Crippen LogP contribution in [0.2, 0.25) is 5.02 Å². The van der Waals surface area contributed by atoms with E-state index in [0.29, 0.717) is 16.6 Å². The van der Waals surface area contributed by atoms with Gasteiger partial charge in [-0.1, -0.05) is 17.7 Å². The van der Waals surface area contributed by atoms with E-state index in [1.54, 1.807) is 6.07 Å². The fraction of sp³-hybridized carbons (Fsp3) is 0.417. The number of benzene rings is 1. The van der Waals surface area contributed by atoms with Gasteiger partial charge < -0.3 is 16.0 Å². The first-order chi connectivity index (χ1) is 8.11. The maximum absolute atomic E-state index is 11.5. The van der Waals surface area contributed by atoms with Gasteiger partial charge in [0.05, 0.1) is 16.3 Å². The van der Waals surface area contributed by atoms with Crippen LogP contribution in [-0.4, -0.2) is 32.1 Å². The fourth-order valence-corrected chi connectivity index (χ4v) is 2.48. The number of carbonyl (C=O) groups excluding carboxylic acids is 1. The number of nitrogens with one attached hydrogen (secondary N) is 1. The van der Waals surface area contributed by atoms with Crippen LogP contribution in [0.15, 0.2) is 18.2 Å². The van der Waals surface area contributed by atoms with E-state index in [0.717, 1.165) is 25.2 Å². The molecular formula is C12H16ClN3O. The maximum Gasteiger partial charge on any atom is 0.252 e. The largest absolute Gasteiger partial charge is 0.370 e. The van der Waals surface area contributed by atoms with Crippen molar-refractivity contribution in [1.82, 2.24) is 5.32 Å². The highest BCUT2D eigenvalue weighted by Gasteiger charge is 2.23. The number of nitrogens with two attached hydrogens (primary N) is 1. The molecule has 1 saturated heterocycles. The molecule has 1 aromatic carbocycles. The van der Waals surface area contributed by atoms with E-state index in [1.165, 1.54) is 0 Å². The third-order valence-corrected chi connectivity index (χ3v) is 3.51. The van der Waals surface area contributed by atoms with Crippen LogP contribution in [0.4, 0.5) is 5.69 Å². The van der Waals surface area contributed by atoms with Gasteiger partial charge in [0.25, 0.3) is 5.91 Å². The van der Waals surface area contributed by atoms with Crippen molar-refractivity contribution in [2.75, 3.05) is 25.0 Å². The lowest BCUT2D eigenvalue weighted by Gasteiger charge is -2.27. The maximum atomic E-state index is 11.5. The molecule has 3 N–H and O–H groups in total. The highest BCUT2D eigenvalue weighted by atomic mass is 35.5. The van der Waals surface area contributed by atoms with E-state index in [4.69, 9.17) is 17.3 Å². The zero-order valence-electron chi connectivity index (χ0n) is 9.74. The van der Waals surface area contributed by atoms with Gasteiger partial charge >= 0.3 is 0 Å². The minimum atomic E-state index is -0.483. The quantitative estimate of drug-likeness (QED) is 0.852. The number of anilines is 1. The standard InChI is InChI=1S/C12H16ClN3O/c1-16(8-5-6-15-7-8)10-4-2-3-9(13)11(10)12(14)17/h2-4,8,15H,5-7H2,1H3,(H2,14,17). The number of carbonyl (C=O) groups is 1. The number of hydrogen-bond donors (Lipinski definition) is 2. The average molecular weight is 254 g/mol. The second-order valence-corrected chi connectivity index (χ2v) is 4.66. The monoisotopic (exact) mass is 253 g/mol. The zero-order chi connectivity index (χ0) is 12.4. The summed E-state index contributed by atoms with van der Waals surface area (Å²) in [6, 6.07) is 5.78. The van der Waals surface area contributed by atoms with Crippen LogP contribution >= 0.6 is 11.6 Å². The molecule has 1 unspecified atom stereocenters. The molecule has 0 spiro atoms. The summed E-state index contributed by atoms with van der Waals surface area (Å²) in [6.45, 7) is 1.92. The third kappa shape index (κ3) is 2.37. The molecule has 1 aromatic rings. The number of nitrogens with zero attached hydrogens (tertiary/aromatic N) is 1. The molecule has 1 amide bonds. The van der Waals surface area contributed by atoms with Crippen LogP contribution < -0.4 is 16.0 Å². The lowest BCUT2D eigenvalue weighted by atomic mass is 10.1. The normalized spacial score (nSPS) is 19.3. The molecule has 0 radical (unpaired) electrons. The van der Waals surface area contributed by atoms with Crippen molar-refractivity contribution in [2.24, 2.45) is 5.73 Å². The predicted molar refractivity (Wildman–Crippen MR) is 69.6 cm³/mol. The molecule has 1 heterocycles. The van der Waals surface area contributed by atoms with Gasteiger partial charge in [0.15, 0.2) is 0 Å². The molecule has 0 aliphatic carbocycles. The molecule has 0 bridgehead atoms. The third-order valence-electron chi connectivity index (χ3n) is 3.20. The van der Waals surface area contributed by atoms with E-state index in [1.807, 2.05) is 19.2 Å². The van der Waals surface area contributed by atoms with Crippen molar-refractivity contribution in [3.8, 4) is 0 Å². The van der Waals surface area contributed by atoms with E-state index in [9.17, 15) is 4.79 Å². The number of primary amides is 1. The van der Waals surface area contributed by atoms with Gasteiger partial charge in [-0.2, -0.15) is 0 Å². The van der Waals surface area contributed by atoms with Crippen molar-refractivity contribution in [3.63, 3.8) is 0 Å². The van der Waals surface area contributed by atoms with E-state index in [-0.39, 0.29) is 0 Å². The molecule has 5 heteroatoms. The number of amides is 1. The fourth-order valence-electron chi connectivity index (χ4n) is 2.22. The second-order valence-electron chi connectivity index (χ2n) is 4.26. The van der Waals surface area contributed by atoms with Crippen LogP contribution in [0.3, 0.4) is 0 Å². The number of halogens is 1. The van der Waals surface area contributed by atoms with Gasteiger partial charge in [-0.05, 0) is 25.1 Å². The van der Waals surface area contributed by atoms with Crippen molar-refractivity contribution in [2.45, 2.75) is 12.5 Å². The van der Waals surface area contributed by atoms with Gasteiger partial charge in [-0.25, -0.2) is 0 Å². The van der Waals surface area contributed by atoms with Crippen LogP contribution in [0.5, 0.6) is 0 Å². The number of rotatable bonds is 3. The van der Waals surface area contributed by atoms with Crippen molar-refractivity contribution in [1.29, 1.82) is 0 Å². The summed E-state index contributed by atoms with van der Waals surface area (Å²) in [6.07, 6.45) is 1.06. The SMILES string of the molecule is CN(c1cccc(Cl)c1C(N)=O)C1CCNC1. The van der Waals surface area contributed by atoms with Gasteiger partial charge in [-0.3, -0.25) is 4.79 Å². The molecular weight excluding hydrogens is 238 g/mol. The molecule has 4 nitrogen and oxygen atoms in total. The summed E-state index contributed by atoms with van der Waals surface area (Å²) < 4.78 is 0. The van der Waals surface area contributed by atoms with E-state index in [2.05, 4.69) is 10.2 Å². The molecule has 0 aromatic heterocycles. The van der Waals surface area contributed by atoms with Crippen LogP contribution in [0.25, 0.3) is 0 Å². The number of hydrogen-bond acceptors (Lipinski definition) is 3. The summed E-state index contributed by atoms with van der Waals surface area (Å²) in [5, 5.41) is 3.71. The Kier molecular flexibility index (Phi) is 3.54. The topological polar surface area (TPSA) is 58.4 Å². The summed E-state index contributed by atoms with van der Waals surface area (Å²) in [5.41, 5.74) is 6.60. The van der Waals surface area contributed by atoms with Gasteiger partial charge in [0, 0.05) is 19.6 Å². The van der Waals surface area contributed by atoms with E-state index >= 15 is 0 Å². The summed E-state index contributed by atoms with van der Waals surface area (Å²) >= 11 is 6.03. The number of likely N-dealkylation sites (N-methyl/N-ethyl adjacent to an activating group) is 1. The summed E-state index contributed by atoms with van der Waals surface area (Å²) in [4.78, 5) is 13.5. The molecule has 0 saturated carbocycles. The first-order valence-corrected chi connectivity index (χ1v) is 6.01. The first kappa shape index (κ1) is 12.2. The Balaban J connectivity index is 2.36. The summed E-state index contributed by atoms with van der Waals surface area (Å²) in [5.74, 6) is -0.483. The molecule has 2 rings (SSSR count). The smallest absolute Gasteiger partial charge is 0.252 e. The van der Waals surface area contributed by atoms with Crippen molar-refractivity contribution >= 4 is 23.2 Å². The molecule has 17 heavy (non-hydrogen) atoms. The minimum Gasteiger partial charge on any atom is -0.370 e. The van der Waals surface area contributed by atoms with Gasteiger partial charge in [0.2, 0.25) is 0 Å². The molecule has 1 aliphatic rings. The minimum absolute atomic E-state index is 0.381. The Morgan fingerprint density at radius 3 is 2.94 bits per heavy atom. The zero-order valence-corrected chi connectivity index (χ0v) is 10.5. The lowest BCUT2D eigenvalue weighted by molar-refractivity contribution is 0.100. The molecule has 1 atom stereocenters. The Morgan fingerprint density at radius 2 is 2.35 bits per heavy atom. The Morgan fingerprint density at radius 1 is 1.59 bits per heavy atom. The Hall–Kier alpha value is -1.26. The van der Waals surface area contributed by atoms with Gasteiger partial charge in [-0.15, -0.1) is 0 Å². The Bertz CT molecular complexity index is 430. The van der Waals surface area contributed by atoms with Crippen LogP contribution in [-0.2, 0) is 0 Å². The van der Waals surface area contributed by atoms with E-state index < -0.39 is 5.91 Å². The molecule has 92 valence electrons. The molecule has 1 fully saturated rings.